The van der Waals surface area contributed by atoms with Crippen LogP contribution in [0.2, 0.25) is 0 Å². The van der Waals surface area contributed by atoms with E-state index in [1.807, 2.05) is 19.1 Å². The molecule has 0 saturated heterocycles. The maximum absolute atomic E-state index is 12.9. The molecule has 0 bridgehead atoms. The Kier molecular flexibility index (Phi) is 7.82. The third-order valence-electron chi connectivity index (χ3n) is 4.81. The van der Waals surface area contributed by atoms with E-state index in [4.69, 9.17) is 9.84 Å². The summed E-state index contributed by atoms with van der Waals surface area (Å²) in [7, 11) is 0. The summed E-state index contributed by atoms with van der Waals surface area (Å²) in [6, 6.07) is 9.69. The van der Waals surface area contributed by atoms with Crippen LogP contribution < -0.4 is 10.4 Å². The lowest BCUT2D eigenvalue weighted by Crippen LogP contribution is -2.24. The van der Waals surface area contributed by atoms with Gasteiger partial charge in [-0.25, -0.2) is 9.59 Å². The maximum Gasteiger partial charge on any atom is 0.416 e. The van der Waals surface area contributed by atoms with Crippen LogP contribution in [0.1, 0.15) is 30.3 Å². The van der Waals surface area contributed by atoms with Crippen molar-refractivity contribution in [3.63, 3.8) is 0 Å². The highest BCUT2D eigenvalue weighted by Gasteiger charge is 2.30. The molecule has 0 aliphatic carbocycles. The summed E-state index contributed by atoms with van der Waals surface area (Å²) >= 11 is 2.06. The van der Waals surface area contributed by atoms with E-state index in [0.717, 1.165) is 25.9 Å². The van der Waals surface area contributed by atoms with Gasteiger partial charge in [0.15, 0.2) is 6.61 Å². The molecule has 1 heterocycles. The van der Waals surface area contributed by atoms with Crippen molar-refractivity contribution in [1.82, 2.24) is 14.3 Å². The van der Waals surface area contributed by atoms with Crippen LogP contribution in [0.15, 0.2) is 47.3 Å². The minimum absolute atomic E-state index is 0.263. The van der Waals surface area contributed by atoms with E-state index in [9.17, 15) is 22.8 Å². The zero-order valence-electron chi connectivity index (χ0n) is 17.6. The Bertz CT molecular complexity index is 1190. The number of nitrogens with zero attached hydrogens (tertiary/aromatic N) is 3. The molecule has 0 saturated carbocycles. The Labute approximate surface area is 200 Å². The number of halogens is 4. The van der Waals surface area contributed by atoms with E-state index in [2.05, 4.69) is 27.7 Å². The summed E-state index contributed by atoms with van der Waals surface area (Å²) in [5.74, 6) is -0.0633. The molecule has 176 valence electrons. The highest BCUT2D eigenvalue weighted by molar-refractivity contribution is 14.1. The minimum atomic E-state index is -4.46. The molecule has 0 spiro atoms. The first-order chi connectivity index (χ1) is 15.6. The molecule has 33 heavy (non-hydrogen) atoms. The fourth-order valence-electron chi connectivity index (χ4n) is 3.24. The molecule has 1 aromatic heterocycles. The Morgan fingerprint density at radius 2 is 1.85 bits per heavy atom. The van der Waals surface area contributed by atoms with Gasteiger partial charge in [0.1, 0.15) is 11.6 Å². The van der Waals surface area contributed by atoms with Crippen molar-refractivity contribution >= 4 is 28.6 Å². The van der Waals surface area contributed by atoms with Crippen LogP contribution in [0.3, 0.4) is 0 Å². The minimum Gasteiger partial charge on any atom is -0.481 e. The van der Waals surface area contributed by atoms with Gasteiger partial charge in [-0.2, -0.15) is 17.9 Å². The topological polar surface area (TPSA) is 86.3 Å². The molecule has 0 radical (unpaired) electrons. The molecule has 3 rings (SSSR count). The van der Waals surface area contributed by atoms with Gasteiger partial charge in [-0.1, -0.05) is 13.0 Å². The first-order valence-corrected chi connectivity index (χ1v) is 11.2. The van der Waals surface area contributed by atoms with E-state index in [1.165, 1.54) is 16.7 Å². The fraction of sp³-hybridized carbons (Fsp3) is 0.318. The maximum atomic E-state index is 12.9. The Morgan fingerprint density at radius 1 is 1.15 bits per heavy atom. The molecule has 0 unspecified atom stereocenters. The van der Waals surface area contributed by atoms with Gasteiger partial charge in [0.25, 0.3) is 0 Å². The zero-order valence-corrected chi connectivity index (χ0v) is 19.8. The molecule has 1 N–H and O–H groups in total. The quantitative estimate of drug-likeness (QED) is 0.385. The second-order valence-electron chi connectivity index (χ2n) is 7.25. The molecular formula is C22H21F3IN3O4. The number of ether oxygens (including phenoxy) is 1. The molecule has 0 aliphatic heterocycles. The van der Waals surface area contributed by atoms with E-state index in [1.54, 1.807) is 6.07 Å². The second kappa shape index (κ2) is 10.4. The molecule has 0 atom stereocenters. The molecule has 7 nitrogen and oxygen atoms in total. The summed E-state index contributed by atoms with van der Waals surface area (Å²) in [5, 5.41) is 13.1. The van der Waals surface area contributed by atoms with Crippen molar-refractivity contribution in [2.24, 2.45) is 0 Å². The molecule has 11 heteroatoms. The number of aryl methyl sites for hydroxylation is 2. The SMILES string of the molecule is CCCn1c(CCc2ccc(OCC(=O)O)c(I)c2)nn(-c2ccc(C(F)(F)F)cc2)c1=O. The first kappa shape index (κ1) is 24.8. The van der Waals surface area contributed by atoms with Crippen molar-refractivity contribution in [1.29, 1.82) is 0 Å². The largest absolute Gasteiger partial charge is 0.481 e. The number of alkyl halides is 3. The number of carboxylic acid groups (broad SMARTS) is 1. The molecule has 0 aliphatic rings. The summed E-state index contributed by atoms with van der Waals surface area (Å²) in [5.41, 5.74) is 0.0109. The Morgan fingerprint density at radius 3 is 2.42 bits per heavy atom. The molecule has 2 aromatic carbocycles. The van der Waals surface area contributed by atoms with Crippen LogP contribution in [0.5, 0.6) is 5.75 Å². The van der Waals surface area contributed by atoms with Crippen molar-refractivity contribution < 1.29 is 27.8 Å². The van der Waals surface area contributed by atoms with Crippen LogP contribution in [0.4, 0.5) is 13.2 Å². The number of aromatic nitrogens is 3. The summed E-state index contributed by atoms with van der Waals surface area (Å²) in [6.07, 6.45) is -2.77. The second-order valence-corrected chi connectivity index (χ2v) is 8.42. The number of hydrogen-bond donors (Lipinski definition) is 1. The lowest BCUT2D eigenvalue weighted by Gasteiger charge is -2.08. The van der Waals surface area contributed by atoms with Gasteiger partial charge < -0.3 is 9.84 Å². The van der Waals surface area contributed by atoms with Crippen LogP contribution >= 0.6 is 22.6 Å². The van der Waals surface area contributed by atoms with Gasteiger partial charge in [-0.3, -0.25) is 4.57 Å². The molecule has 0 amide bonds. The lowest BCUT2D eigenvalue weighted by atomic mass is 10.1. The van der Waals surface area contributed by atoms with Crippen LogP contribution in [-0.2, 0) is 30.4 Å². The van der Waals surface area contributed by atoms with Crippen LogP contribution in [0.25, 0.3) is 5.69 Å². The van der Waals surface area contributed by atoms with E-state index in [-0.39, 0.29) is 5.69 Å². The average Bonchev–Trinajstić information content (AvgIpc) is 3.07. The fourth-order valence-corrected chi connectivity index (χ4v) is 3.98. The van der Waals surface area contributed by atoms with E-state index >= 15 is 0 Å². The zero-order chi connectivity index (χ0) is 24.2. The Hall–Kier alpha value is -2.83. The average molecular weight is 575 g/mol. The summed E-state index contributed by atoms with van der Waals surface area (Å²) < 4.78 is 47.2. The summed E-state index contributed by atoms with van der Waals surface area (Å²) in [4.78, 5) is 23.5. The van der Waals surface area contributed by atoms with Gasteiger partial charge in [-0.05, 0) is 77.4 Å². The number of benzene rings is 2. The number of carboxylic acids is 1. The normalized spacial score (nSPS) is 11.5. The van der Waals surface area contributed by atoms with Crippen LogP contribution in [0, 0.1) is 3.57 Å². The monoisotopic (exact) mass is 575 g/mol. The highest BCUT2D eigenvalue weighted by atomic mass is 127. The molecular weight excluding hydrogens is 554 g/mol. The number of aliphatic carboxylic acids is 1. The number of hydrogen-bond acceptors (Lipinski definition) is 4. The van der Waals surface area contributed by atoms with Gasteiger partial charge in [0.2, 0.25) is 0 Å². The third kappa shape index (κ3) is 6.15. The van der Waals surface area contributed by atoms with Gasteiger partial charge in [-0.15, -0.1) is 5.10 Å². The molecule has 0 fully saturated rings. The predicted molar refractivity (Wildman–Crippen MR) is 123 cm³/mol. The van der Waals surface area contributed by atoms with Gasteiger partial charge in [0.05, 0.1) is 14.8 Å². The predicted octanol–water partition coefficient (Wildman–Crippen LogP) is 4.32. The highest BCUT2D eigenvalue weighted by Crippen LogP contribution is 2.29. The van der Waals surface area contributed by atoms with Gasteiger partial charge in [0, 0.05) is 13.0 Å². The van der Waals surface area contributed by atoms with Crippen molar-refractivity contribution in [2.75, 3.05) is 6.61 Å². The van der Waals surface area contributed by atoms with E-state index in [0.29, 0.717) is 37.4 Å². The smallest absolute Gasteiger partial charge is 0.416 e. The first-order valence-electron chi connectivity index (χ1n) is 10.1. The van der Waals surface area contributed by atoms with E-state index < -0.39 is 30.0 Å². The standard InChI is InChI=1S/C22H21F3IN3O4/c1-2-11-28-19(10-4-14-3-9-18(17(26)12-14)33-13-20(30)31)27-29(21(28)32)16-7-5-15(6-8-16)22(23,24)25/h3,5-9,12H,2,4,10-11,13H2,1H3,(H,30,31). The number of carbonyl (C=O) groups is 1. The van der Waals surface area contributed by atoms with Crippen molar-refractivity contribution in [3.8, 4) is 11.4 Å². The van der Waals surface area contributed by atoms with Crippen molar-refractivity contribution in [3.05, 3.63) is 73.5 Å². The number of rotatable bonds is 9. The summed E-state index contributed by atoms with van der Waals surface area (Å²) in [6.45, 7) is 1.93. The lowest BCUT2D eigenvalue weighted by molar-refractivity contribution is -0.139. The van der Waals surface area contributed by atoms with Crippen molar-refractivity contribution in [2.45, 2.75) is 38.9 Å². The van der Waals surface area contributed by atoms with Crippen LogP contribution in [-0.4, -0.2) is 32.0 Å². The third-order valence-corrected chi connectivity index (χ3v) is 5.65. The molecule has 3 aromatic rings. The van der Waals surface area contributed by atoms with Gasteiger partial charge >= 0.3 is 17.8 Å². The Balaban J connectivity index is 1.81.